The van der Waals surface area contributed by atoms with Crippen molar-refractivity contribution in [1.82, 2.24) is 9.97 Å². The van der Waals surface area contributed by atoms with Crippen molar-refractivity contribution < 1.29 is 0 Å². The van der Waals surface area contributed by atoms with E-state index in [9.17, 15) is 4.79 Å². The highest BCUT2D eigenvalue weighted by atomic mass is 16.1. The van der Waals surface area contributed by atoms with Crippen molar-refractivity contribution in [3.8, 4) is 11.3 Å². The maximum atomic E-state index is 12.4. The molecule has 2 aliphatic rings. The van der Waals surface area contributed by atoms with E-state index in [1.807, 2.05) is 56.3 Å². The van der Waals surface area contributed by atoms with Crippen molar-refractivity contribution >= 4 is 11.4 Å². The highest BCUT2D eigenvalue weighted by Gasteiger charge is 2.18. The molecule has 3 rings (SSSR count). The molecule has 1 N–H and O–H groups in total. The van der Waals surface area contributed by atoms with E-state index in [1.165, 1.54) is 0 Å². The van der Waals surface area contributed by atoms with Gasteiger partial charge >= 0.3 is 0 Å². The van der Waals surface area contributed by atoms with Gasteiger partial charge in [-0.2, -0.15) is 0 Å². The lowest BCUT2D eigenvalue weighted by Gasteiger charge is -2.05. The van der Waals surface area contributed by atoms with E-state index >= 15 is 0 Å². The van der Waals surface area contributed by atoms with Crippen LogP contribution in [0.2, 0.25) is 0 Å². The van der Waals surface area contributed by atoms with E-state index in [-0.39, 0.29) is 5.56 Å². The van der Waals surface area contributed by atoms with Gasteiger partial charge in [0, 0.05) is 17.5 Å². The highest BCUT2D eigenvalue weighted by Crippen LogP contribution is 2.24. The molecule has 4 nitrogen and oxygen atoms in total. The number of aliphatic imine (C=N–C) groups is 1. The highest BCUT2D eigenvalue weighted by molar-refractivity contribution is 6.07. The summed E-state index contributed by atoms with van der Waals surface area (Å²) in [5.41, 5.74) is 4.71. The minimum Gasteiger partial charge on any atom is -0.321 e. The van der Waals surface area contributed by atoms with Crippen molar-refractivity contribution in [2.24, 2.45) is 4.99 Å². The number of H-pyrrole nitrogens is 1. The zero-order valence-corrected chi connectivity index (χ0v) is 12.6. The van der Waals surface area contributed by atoms with Gasteiger partial charge in [-0.15, -0.1) is 0 Å². The fraction of sp³-hybridized carbons (Fsp3) is 0.167. The third-order valence-electron chi connectivity index (χ3n) is 3.64. The number of nitrogens with one attached hydrogen (secondary N) is 1. The summed E-state index contributed by atoms with van der Waals surface area (Å²) in [6, 6.07) is 13.4. The van der Waals surface area contributed by atoms with Gasteiger partial charge in [0.1, 0.15) is 0 Å². The number of fused-ring (bicyclic) bond motifs is 1. The van der Waals surface area contributed by atoms with Gasteiger partial charge in [-0.25, -0.2) is 0 Å². The maximum absolute atomic E-state index is 12.4. The molecule has 0 atom stereocenters. The molecular formula is C18H17N3O. The first-order valence-electron chi connectivity index (χ1n) is 7.31. The summed E-state index contributed by atoms with van der Waals surface area (Å²) < 4.78 is 0. The fourth-order valence-electron chi connectivity index (χ4n) is 2.52. The van der Waals surface area contributed by atoms with Gasteiger partial charge < -0.3 is 4.98 Å². The predicted molar refractivity (Wildman–Crippen MR) is 89.1 cm³/mol. The van der Waals surface area contributed by atoms with E-state index in [1.54, 1.807) is 6.20 Å². The van der Waals surface area contributed by atoms with Gasteiger partial charge in [0.2, 0.25) is 0 Å². The normalized spacial score (nSPS) is 11.8. The van der Waals surface area contributed by atoms with Crippen LogP contribution in [0.5, 0.6) is 0 Å². The van der Waals surface area contributed by atoms with Crippen LogP contribution >= 0.6 is 0 Å². The zero-order valence-electron chi connectivity index (χ0n) is 12.6. The maximum Gasteiger partial charge on any atom is 0.258 e. The molecule has 0 spiro atoms. The quantitative estimate of drug-likeness (QED) is 0.748. The van der Waals surface area contributed by atoms with Gasteiger partial charge in [0.25, 0.3) is 5.56 Å². The lowest BCUT2D eigenvalue weighted by molar-refractivity contribution is 1.17. The average Bonchev–Trinajstić information content (AvgIpc) is 2.69. The molecule has 1 aromatic heterocycles. The van der Waals surface area contributed by atoms with E-state index in [0.29, 0.717) is 12.0 Å². The summed E-state index contributed by atoms with van der Waals surface area (Å²) >= 11 is 0. The molecule has 0 amide bonds. The monoisotopic (exact) mass is 291 g/mol. The van der Waals surface area contributed by atoms with Crippen LogP contribution in [0.3, 0.4) is 0 Å². The SMILES string of the molecule is CCC(=Nc1cccnc1C)c1c2cccccc-2[nH]c1=O. The number of pyridine rings is 1. The number of aryl methyl sites for hydroxylation is 1. The molecule has 1 aliphatic heterocycles. The summed E-state index contributed by atoms with van der Waals surface area (Å²) in [6.07, 6.45) is 2.42. The van der Waals surface area contributed by atoms with Gasteiger partial charge in [-0.05, 0) is 31.5 Å². The van der Waals surface area contributed by atoms with Crippen LogP contribution in [0, 0.1) is 6.92 Å². The Morgan fingerprint density at radius 3 is 2.77 bits per heavy atom. The Morgan fingerprint density at radius 1 is 1.18 bits per heavy atom. The lowest BCUT2D eigenvalue weighted by Crippen LogP contribution is -2.12. The van der Waals surface area contributed by atoms with Gasteiger partial charge in [-0.3, -0.25) is 14.8 Å². The second kappa shape index (κ2) is 5.93. The van der Waals surface area contributed by atoms with Crippen LogP contribution in [0.4, 0.5) is 5.69 Å². The van der Waals surface area contributed by atoms with Crippen molar-refractivity contribution in [1.29, 1.82) is 0 Å². The number of aromatic amines is 1. The Balaban J connectivity index is 2.20. The molecule has 0 bridgehead atoms. The first kappa shape index (κ1) is 14.2. The third-order valence-corrected chi connectivity index (χ3v) is 3.64. The number of nitrogens with zero attached hydrogens (tertiary/aromatic N) is 2. The average molecular weight is 291 g/mol. The summed E-state index contributed by atoms with van der Waals surface area (Å²) in [7, 11) is 0. The van der Waals surface area contributed by atoms with Crippen LogP contribution in [0.15, 0.2) is 58.4 Å². The van der Waals surface area contributed by atoms with E-state index in [4.69, 9.17) is 0 Å². The van der Waals surface area contributed by atoms with Crippen molar-refractivity contribution in [3.63, 3.8) is 0 Å². The Morgan fingerprint density at radius 2 is 2.00 bits per heavy atom. The molecule has 4 heteroatoms. The smallest absolute Gasteiger partial charge is 0.258 e. The van der Waals surface area contributed by atoms with Crippen LogP contribution in [0.1, 0.15) is 24.6 Å². The summed E-state index contributed by atoms with van der Waals surface area (Å²) in [6.45, 7) is 3.92. The third kappa shape index (κ3) is 2.55. The Hall–Kier alpha value is -2.75. The second-order valence-corrected chi connectivity index (χ2v) is 5.09. The Bertz CT molecular complexity index is 864. The molecule has 1 aliphatic carbocycles. The predicted octanol–water partition coefficient (Wildman–Crippen LogP) is 3.71. The number of hydrogen-bond acceptors (Lipinski definition) is 3. The summed E-state index contributed by atoms with van der Waals surface area (Å²) in [5.74, 6) is 0. The summed E-state index contributed by atoms with van der Waals surface area (Å²) in [5, 5.41) is 0. The van der Waals surface area contributed by atoms with E-state index in [2.05, 4.69) is 15.0 Å². The lowest BCUT2D eigenvalue weighted by atomic mass is 10.0. The molecule has 0 fully saturated rings. The standard InChI is InChI=1S/C18H17N3O/c1-3-14(20-15-10-7-11-19-12(15)2)17-13-8-5-4-6-9-16(13)21-18(17)22/h4-11H,3H2,1-2H3,(H,21,22). The Labute approximate surface area is 128 Å². The van der Waals surface area contributed by atoms with Gasteiger partial charge in [0.15, 0.2) is 0 Å². The number of hydrogen-bond donors (Lipinski definition) is 1. The van der Waals surface area contributed by atoms with Crippen molar-refractivity contribution in [2.45, 2.75) is 20.3 Å². The number of rotatable bonds is 3. The molecular weight excluding hydrogens is 274 g/mol. The van der Waals surface area contributed by atoms with Crippen molar-refractivity contribution in [2.75, 3.05) is 0 Å². The molecule has 110 valence electrons. The molecule has 0 radical (unpaired) electrons. The molecule has 0 aromatic carbocycles. The molecule has 0 saturated heterocycles. The zero-order chi connectivity index (χ0) is 15.5. The summed E-state index contributed by atoms with van der Waals surface area (Å²) in [4.78, 5) is 24.2. The Kier molecular flexibility index (Phi) is 3.83. The van der Waals surface area contributed by atoms with Crippen molar-refractivity contribution in [3.05, 3.63) is 70.3 Å². The van der Waals surface area contributed by atoms with E-state index < -0.39 is 0 Å². The molecule has 1 aromatic rings. The molecule has 0 unspecified atom stereocenters. The minimum atomic E-state index is -0.0941. The van der Waals surface area contributed by atoms with Crippen LogP contribution in [-0.2, 0) is 0 Å². The minimum absolute atomic E-state index is 0.0941. The van der Waals surface area contributed by atoms with Gasteiger partial charge in [0.05, 0.1) is 22.7 Å². The van der Waals surface area contributed by atoms with E-state index in [0.717, 1.165) is 28.4 Å². The number of aromatic nitrogens is 2. The molecule has 2 heterocycles. The van der Waals surface area contributed by atoms with Crippen LogP contribution in [-0.4, -0.2) is 15.7 Å². The van der Waals surface area contributed by atoms with Gasteiger partial charge in [-0.1, -0.05) is 31.2 Å². The first-order chi connectivity index (χ1) is 10.7. The van der Waals surface area contributed by atoms with Crippen LogP contribution in [0.25, 0.3) is 11.3 Å². The first-order valence-corrected chi connectivity index (χ1v) is 7.31. The second-order valence-electron chi connectivity index (χ2n) is 5.09. The molecule has 22 heavy (non-hydrogen) atoms. The largest absolute Gasteiger partial charge is 0.321 e. The van der Waals surface area contributed by atoms with Crippen LogP contribution < -0.4 is 5.56 Å². The fourth-order valence-corrected chi connectivity index (χ4v) is 2.52. The topological polar surface area (TPSA) is 58.1 Å². The molecule has 0 saturated carbocycles.